The molecule has 0 heterocycles. The van der Waals surface area contributed by atoms with Crippen LogP contribution in [0.4, 0.5) is 0 Å². The van der Waals surface area contributed by atoms with Crippen molar-refractivity contribution in [2.75, 3.05) is 0 Å². The molecule has 0 spiro atoms. The number of allylic oxidation sites excluding steroid dienone is 6. The molecule has 0 bridgehead atoms. The first-order valence-corrected chi connectivity index (χ1v) is 9.35. The Kier molecular flexibility index (Phi) is 17.7. The molecule has 0 aromatic carbocycles. The van der Waals surface area contributed by atoms with E-state index >= 15 is 0 Å². The molecule has 0 rings (SSSR count). The van der Waals surface area contributed by atoms with E-state index in [0.717, 1.165) is 32.1 Å². The lowest BCUT2D eigenvalue weighted by Gasteiger charge is -2.06. The molecule has 0 aromatic rings. The lowest BCUT2D eigenvalue weighted by molar-refractivity contribution is 0.170. The summed E-state index contributed by atoms with van der Waals surface area (Å²) in [6.45, 7) is 2.16. The van der Waals surface area contributed by atoms with E-state index in [2.05, 4.69) is 43.4 Å². The fourth-order valence-electron chi connectivity index (χ4n) is 2.23. The molecule has 1 atom stereocenters. The SMILES string of the molecule is CCC=CCC=CCC=CCCCCCCCC(O)CC=S. The average Bonchev–Trinajstić information content (AvgIpc) is 2.51. The summed E-state index contributed by atoms with van der Waals surface area (Å²) in [6.07, 6.45) is 25.4. The lowest BCUT2D eigenvalue weighted by atomic mass is 10.1. The number of unbranched alkanes of at least 4 members (excludes halogenated alkanes) is 5. The predicted octanol–water partition coefficient (Wildman–Crippen LogP) is 6.33. The molecule has 1 unspecified atom stereocenters. The van der Waals surface area contributed by atoms with Crippen LogP contribution in [-0.2, 0) is 0 Å². The Bertz CT molecular complexity index is 318. The van der Waals surface area contributed by atoms with Crippen LogP contribution in [0.2, 0.25) is 0 Å². The highest BCUT2D eigenvalue weighted by Crippen LogP contribution is 2.10. The van der Waals surface area contributed by atoms with Gasteiger partial charge in [0, 0.05) is 6.42 Å². The number of hydrogen-bond acceptors (Lipinski definition) is 2. The molecule has 0 saturated heterocycles. The second kappa shape index (κ2) is 18.3. The Morgan fingerprint density at radius 3 is 2.09 bits per heavy atom. The number of thiocarbonyl (C=S) groups is 1. The third-order valence-corrected chi connectivity index (χ3v) is 3.75. The topological polar surface area (TPSA) is 20.2 Å². The highest BCUT2D eigenvalue weighted by Gasteiger charge is 2.00. The molecule has 2 heteroatoms. The van der Waals surface area contributed by atoms with Crippen molar-refractivity contribution in [3.8, 4) is 0 Å². The van der Waals surface area contributed by atoms with E-state index < -0.39 is 0 Å². The average molecular weight is 323 g/mol. The summed E-state index contributed by atoms with van der Waals surface area (Å²) in [4.78, 5) is 0. The lowest BCUT2D eigenvalue weighted by Crippen LogP contribution is -2.05. The minimum absolute atomic E-state index is 0.217. The quantitative estimate of drug-likeness (QED) is 0.216. The molecule has 126 valence electrons. The number of aliphatic hydroxyl groups is 1. The van der Waals surface area contributed by atoms with Crippen molar-refractivity contribution < 1.29 is 5.11 Å². The summed E-state index contributed by atoms with van der Waals surface area (Å²) in [5.41, 5.74) is 0. The van der Waals surface area contributed by atoms with E-state index in [9.17, 15) is 5.11 Å². The molecular formula is C20H34OS. The van der Waals surface area contributed by atoms with Gasteiger partial charge in [0.25, 0.3) is 0 Å². The van der Waals surface area contributed by atoms with Gasteiger partial charge in [-0.1, -0.05) is 81.3 Å². The van der Waals surface area contributed by atoms with Crippen molar-refractivity contribution in [3.05, 3.63) is 36.5 Å². The molecule has 0 fully saturated rings. The van der Waals surface area contributed by atoms with Crippen LogP contribution in [-0.4, -0.2) is 16.6 Å². The van der Waals surface area contributed by atoms with E-state index in [1.807, 2.05) is 0 Å². The van der Waals surface area contributed by atoms with Crippen LogP contribution in [0.5, 0.6) is 0 Å². The Balaban J connectivity index is 3.27. The fraction of sp³-hybridized carbons (Fsp3) is 0.650. The van der Waals surface area contributed by atoms with Crippen LogP contribution in [0.1, 0.15) is 77.6 Å². The summed E-state index contributed by atoms with van der Waals surface area (Å²) in [5, 5.41) is 11.2. The monoisotopic (exact) mass is 322 g/mol. The maximum absolute atomic E-state index is 9.54. The Morgan fingerprint density at radius 1 is 0.818 bits per heavy atom. The van der Waals surface area contributed by atoms with Gasteiger partial charge in [-0.25, -0.2) is 0 Å². The molecule has 0 amide bonds. The van der Waals surface area contributed by atoms with E-state index in [1.165, 1.54) is 32.1 Å². The van der Waals surface area contributed by atoms with Crippen LogP contribution < -0.4 is 0 Å². The highest BCUT2D eigenvalue weighted by atomic mass is 32.1. The minimum Gasteiger partial charge on any atom is -0.393 e. The van der Waals surface area contributed by atoms with Crippen LogP contribution in [0.3, 0.4) is 0 Å². The Morgan fingerprint density at radius 2 is 1.41 bits per heavy atom. The van der Waals surface area contributed by atoms with Gasteiger partial charge in [0.1, 0.15) is 0 Å². The molecule has 0 aliphatic heterocycles. The zero-order chi connectivity index (χ0) is 16.3. The molecule has 1 N–H and O–H groups in total. The predicted molar refractivity (Wildman–Crippen MR) is 104 cm³/mol. The summed E-state index contributed by atoms with van der Waals surface area (Å²) in [5.74, 6) is 0. The third-order valence-electron chi connectivity index (χ3n) is 3.56. The summed E-state index contributed by atoms with van der Waals surface area (Å²) in [7, 11) is 0. The molecule has 0 aromatic heterocycles. The fourth-order valence-corrected chi connectivity index (χ4v) is 2.45. The third kappa shape index (κ3) is 17.3. The van der Waals surface area contributed by atoms with E-state index in [0.29, 0.717) is 6.42 Å². The van der Waals surface area contributed by atoms with Gasteiger partial charge in [-0.15, -0.1) is 0 Å². The zero-order valence-electron chi connectivity index (χ0n) is 14.3. The second-order valence-corrected chi connectivity index (χ2v) is 6.03. The largest absolute Gasteiger partial charge is 0.393 e. The molecule has 0 aliphatic rings. The maximum Gasteiger partial charge on any atom is 0.0582 e. The van der Waals surface area contributed by atoms with E-state index in [-0.39, 0.29) is 6.10 Å². The first-order valence-electron chi connectivity index (χ1n) is 8.88. The molecule has 22 heavy (non-hydrogen) atoms. The minimum atomic E-state index is -0.217. The summed E-state index contributed by atoms with van der Waals surface area (Å²) in [6, 6.07) is 0. The van der Waals surface area contributed by atoms with E-state index in [4.69, 9.17) is 12.2 Å². The van der Waals surface area contributed by atoms with Crippen molar-refractivity contribution in [2.45, 2.75) is 83.7 Å². The molecule has 1 nitrogen and oxygen atoms in total. The standard InChI is InChI=1S/C20H34OS/c1-2-3-4-5-6-7-8-9-10-11-12-13-14-15-16-17-20(21)18-19-22/h3-4,6-7,9-10,19-21H,2,5,8,11-18H2,1H3. The van der Waals surface area contributed by atoms with Gasteiger partial charge < -0.3 is 5.11 Å². The molecular weight excluding hydrogens is 288 g/mol. The van der Waals surface area contributed by atoms with Crippen molar-refractivity contribution in [2.24, 2.45) is 0 Å². The van der Waals surface area contributed by atoms with Crippen LogP contribution in [0, 0.1) is 0 Å². The maximum atomic E-state index is 9.54. The van der Waals surface area contributed by atoms with Gasteiger partial charge in [0.2, 0.25) is 0 Å². The first kappa shape index (κ1) is 21.3. The zero-order valence-corrected chi connectivity index (χ0v) is 15.1. The van der Waals surface area contributed by atoms with Gasteiger partial charge in [0.05, 0.1) is 6.10 Å². The van der Waals surface area contributed by atoms with Gasteiger partial charge >= 0.3 is 0 Å². The van der Waals surface area contributed by atoms with Gasteiger partial charge in [-0.3, -0.25) is 0 Å². The Hall–Kier alpha value is -0.730. The summed E-state index contributed by atoms with van der Waals surface area (Å²) < 4.78 is 0. The second-order valence-electron chi connectivity index (χ2n) is 5.70. The molecule has 0 radical (unpaired) electrons. The molecule has 0 saturated carbocycles. The van der Waals surface area contributed by atoms with Crippen LogP contribution >= 0.6 is 12.2 Å². The van der Waals surface area contributed by atoms with Crippen LogP contribution in [0.15, 0.2) is 36.5 Å². The first-order chi connectivity index (χ1) is 10.8. The number of hydrogen-bond donors (Lipinski definition) is 1. The highest BCUT2D eigenvalue weighted by molar-refractivity contribution is 7.78. The van der Waals surface area contributed by atoms with Gasteiger partial charge in [-0.2, -0.15) is 0 Å². The normalized spacial score (nSPS) is 13.5. The van der Waals surface area contributed by atoms with Crippen molar-refractivity contribution in [1.82, 2.24) is 0 Å². The van der Waals surface area contributed by atoms with Crippen molar-refractivity contribution >= 4 is 17.6 Å². The Labute approximate surface area is 143 Å². The van der Waals surface area contributed by atoms with Crippen molar-refractivity contribution in [1.29, 1.82) is 0 Å². The number of rotatable bonds is 15. The summed E-state index contributed by atoms with van der Waals surface area (Å²) >= 11 is 4.74. The van der Waals surface area contributed by atoms with E-state index in [1.54, 1.807) is 5.37 Å². The smallest absolute Gasteiger partial charge is 0.0582 e. The molecule has 0 aliphatic carbocycles. The number of aliphatic hydroxyl groups excluding tert-OH is 1. The van der Waals surface area contributed by atoms with Gasteiger partial charge in [0.15, 0.2) is 0 Å². The van der Waals surface area contributed by atoms with Gasteiger partial charge in [-0.05, 0) is 43.9 Å². The van der Waals surface area contributed by atoms with Crippen LogP contribution in [0.25, 0.3) is 0 Å². The van der Waals surface area contributed by atoms with Crippen molar-refractivity contribution in [3.63, 3.8) is 0 Å².